The summed E-state index contributed by atoms with van der Waals surface area (Å²) in [6.45, 7) is 0. The number of ether oxygens (including phenoxy) is 1. The number of nitrogens with one attached hydrogen (secondary N) is 1. The van der Waals surface area contributed by atoms with Crippen LogP contribution in [0.5, 0.6) is 5.75 Å². The summed E-state index contributed by atoms with van der Waals surface area (Å²) < 4.78 is 17.0. The highest BCUT2D eigenvalue weighted by molar-refractivity contribution is 6.09. The summed E-state index contributed by atoms with van der Waals surface area (Å²) in [5, 5.41) is 9.06. The van der Waals surface area contributed by atoms with Crippen molar-refractivity contribution in [2.45, 2.75) is 12.8 Å². The van der Waals surface area contributed by atoms with Crippen molar-refractivity contribution >= 4 is 61.0 Å². The molecule has 0 saturated carbocycles. The SMILES string of the molecule is O=C(Cc1coc2ccc3ccccc3c12)Nc1ccc(OC(=O)Cc2coc3ccc4ccccc4c23)cc1. The highest BCUT2D eigenvalue weighted by Crippen LogP contribution is 2.32. The molecule has 0 atom stereocenters. The molecule has 6 heteroatoms. The lowest BCUT2D eigenvalue weighted by atomic mass is 10.0. The van der Waals surface area contributed by atoms with Gasteiger partial charge >= 0.3 is 5.97 Å². The van der Waals surface area contributed by atoms with Gasteiger partial charge < -0.3 is 18.9 Å². The molecule has 0 spiro atoms. The smallest absolute Gasteiger partial charge is 0.315 e. The van der Waals surface area contributed by atoms with Crippen LogP contribution in [0.1, 0.15) is 11.1 Å². The summed E-state index contributed by atoms with van der Waals surface area (Å²) in [7, 11) is 0. The molecule has 0 radical (unpaired) electrons. The zero-order valence-electron chi connectivity index (χ0n) is 21.3. The predicted molar refractivity (Wildman–Crippen MR) is 156 cm³/mol. The zero-order valence-corrected chi connectivity index (χ0v) is 21.3. The van der Waals surface area contributed by atoms with Gasteiger partial charge in [0.2, 0.25) is 5.91 Å². The summed E-state index contributed by atoms with van der Waals surface area (Å²) in [4.78, 5) is 25.6. The third-order valence-electron chi connectivity index (χ3n) is 7.14. The van der Waals surface area contributed by atoms with Crippen molar-refractivity contribution in [3.63, 3.8) is 0 Å². The van der Waals surface area contributed by atoms with Gasteiger partial charge in [0, 0.05) is 27.6 Å². The van der Waals surface area contributed by atoms with Gasteiger partial charge in [-0.1, -0.05) is 60.7 Å². The number of hydrogen-bond acceptors (Lipinski definition) is 5. The Labute approximate surface area is 228 Å². The van der Waals surface area contributed by atoms with Crippen molar-refractivity contribution in [2.75, 3.05) is 5.32 Å². The summed E-state index contributed by atoms with van der Waals surface area (Å²) in [5.74, 6) is -0.168. The highest BCUT2D eigenvalue weighted by atomic mass is 16.5. The number of esters is 1. The fourth-order valence-electron chi connectivity index (χ4n) is 5.32. The van der Waals surface area contributed by atoms with E-state index in [9.17, 15) is 9.59 Å². The summed E-state index contributed by atoms with van der Waals surface area (Å²) in [5.41, 5.74) is 3.70. The molecule has 2 heterocycles. The van der Waals surface area contributed by atoms with Gasteiger partial charge in [-0.05, 0) is 57.9 Å². The second-order valence-corrected chi connectivity index (χ2v) is 9.74. The molecular weight excluding hydrogens is 502 g/mol. The molecule has 0 aliphatic carbocycles. The van der Waals surface area contributed by atoms with Gasteiger partial charge in [-0.15, -0.1) is 0 Å². The Hall–Kier alpha value is -5.36. The number of carbonyl (C=O) groups excluding carboxylic acids is 2. The van der Waals surface area contributed by atoms with Crippen molar-refractivity contribution in [2.24, 2.45) is 0 Å². The molecule has 194 valence electrons. The van der Waals surface area contributed by atoms with Gasteiger partial charge in [0.25, 0.3) is 0 Å². The Morgan fingerprint density at radius 3 is 1.77 bits per heavy atom. The monoisotopic (exact) mass is 525 g/mol. The molecule has 1 amide bonds. The third kappa shape index (κ3) is 4.35. The lowest BCUT2D eigenvalue weighted by molar-refractivity contribution is -0.133. The normalized spacial score (nSPS) is 11.4. The number of anilines is 1. The summed E-state index contributed by atoms with van der Waals surface area (Å²) in [6, 6.07) is 30.7. The van der Waals surface area contributed by atoms with Crippen LogP contribution >= 0.6 is 0 Å². The number of benzene rings is 5. The lowest BCUT2D eigenvalue weighted by Crippen LogP contribution is -2.14. The average molecular weight is 526 g/mol. The molecule has 6 nitrogen and oxygen atoms in total. The van der Waals surface area contributed by atoms with Crippen molar-refractivity contribution in [1.82, 2.24) is 0 Å². The predicted octanol–water partition coefficient (Wildman–Crippen LogP) is 7.81. The van der Waals surface area contributed by atoms with Gasteiger partial charge in [0.1, 0.15) is 16.9 Å². The van der Waals surface area contributed by atoms with E-state index in [0.29, 0.717) is 11.4 Å². The molecule has 5 aromatic carbocycles. The largest absolute Gasteiger partial charge is 0.464 e. The van der Waals surface area contributed by atoms with Crippen LogP contribution in [0.25, 0.3) is 43.5 Å². The van der Waals surface area contributed by atoms with E-state index >= 15 is 0 Å². The lowest BCUT2D eigenvalue weighted by Gasteiger charge is -2.08. The molecule has 7 rings (SSSR count). The number of furan rings is 2. The fourth-order valence-corrected chi connectivity index (χ4v) is 5.32. The zero-order chi connectivity index (χ0) is 27.1. The summed E-state index contributed by atoms with van der Waals surface area (Å²) in [6.07, 6.45) is 3.51. The molecule has 0 bridgehead atoms. The average Bonchev–Trinajstić information content (AvgIpc) is 3.58. The molecular formula is C34H23NO5. The summed E-state index contributed by atoms with van der Waals surface area (Å²) >= 11 is 0. The minimum Gasteiger partial charge on any atom is -0.464 e. The standard InChI is InChI=1S/C34H23NO5/c36-31(17-23-19-38-29-15-9-21-5-1-3-7-27(21)33(23)29)35-25-11-13-26(14-12-25)40-32(37)18-24-20-39-30-16-10-22-6-2-4-8-28(22)34(24)30/h1-16,19-20H,17-18H2,(H,35,36). The first kappa shape index (κ1) is 23.7. The molecule has 1 N–H and O–H groups in total. The van der Waals surface area contributed by atoms with Crippen LogP contribution < -0.4 is 10.1 Å². The second kappa shape index (κ2) is 9.75. The second-order valence-electron chi connectivity index (χ2n) is 9.74. The van der Waals surface area contributed by atoms with Gasteiger partial charge in [0.05, 0.1) is 25.4 Å². The molecule has 40 heavy (non-hydrogen) atoms. The fraction of sp³-hybridized carbons (Fsp3) is 0.0588. The van der Waals surface area contributed by atoms with Gasteiger partial charge in [0.15, 0.2) is 0 Å². The maximum absolute atomic E-state index is 12.9. The van der Waals surface area contributed by atoms with Crippen molar-refractivity contribution < 1.29 is 23.2 Å². The Balaban J connectivity index is 1.02. The molecule has 7 aromatic rings. The minimum atomic E-state index is -0.397. The first-order valence-corrected chi connectivity index (χ1v) is 13.0. The van der Waals surface area contributed by atoms with E-state index in [1.165, 1.54) is 0 Å². The topological polar surface area (TPSA) is 81.7 Å². The quantitative estimate of drug-likeness (QED) is 0.177. The highest BCUT2D eigenvalue weighted by Gasteiger charge is 2.16. The molecule has 0 saturated heterocycles. The number of hydrogen-bond donors (Lipinski definition) is 1. The van der Waals surface area contributed by atoms with E-state index in [1.807, 2.05) is 72.8 Å². The van der Waals surface area contributed by atoms with E-state index < -0.39 is 5.97 Å². The number of fused-ring (bicyclic) bond motifs is 6. The number of rotatable bonds is 6. The van der Waals surface area contributed by atoms with Crippen molar-refractivity contribution in [1.29, 1.82) is 0 Å². The van der Waals surface area contributed by atoms with Crippen LogP contribution in [0.4, 0.5) is 5.69 Å². The van der Waals surface area contributed by atoms with Crippen LogP contribution in [0, 0.1) is 0 Å². The maximum Gasteiger partial charge on any atom is 0.315 e. The van der Waals surface area contributed by atoms with Crippen LogP contribution in [0.15, 0.2) is 118 Å². The van der Waals surface area contributed by atoms with E-state index in [1.54, 1.807) is 36.8 Å². The molecule has 0 aliphatic heterocycles. The van der Waals surface area contributed by atoms with Crippen LogP contribution in [-0.2, 0) is 22.4 Å². The maximum atomic E-state index is 12.9. The van der Waals surface area contributed by atoms with Gasteiger partial charge in [-0.3, -0.25) is 9.59 Å². The van der Waals surface area contributed by atoms with E-state index in [0.717, 1.165) is 54.6 Å². The Kier molecular flexibility index (Phi) is 5.78. The molecule has 0 unspecified atom stereocenters. The first-order chi connectivity index (χ1) is 19.6. The van der Waals surface area contributed by atoms with E-state index in [2.05, 4.69) is 5.32 Å². The van der Waals surface area contributed by atoms with E-state index in [-0.39, 0.29) is 18.7 Å². The Morgan fingerprint density at radius 2 is 1.18 bits per heavy atom. The minimum absolute atomic E-state index is 0.0762. The number of carbonyl (C=O) groups is 2. The van der Waals surface area contributed by atoms with E-state index in [4.69, 9.17) is 13.6 Å². The van der Waals surface area contributed by atoms with Crippen LogP contribution in [-0.4, -0.2) is 11.9 Å². The third-order valence-corrected chi connectivity index (χ3v) is 7.14. The number of amides is 1. The Morgan fingerprint density at radius 1 is 0.625 bits per heavy atom. The van der Waals surface area contributed by atoms with Gasteiger partial charge in [-0.25, -0.2) is 0 Å². The molecule has 2 aromatic heterocycles. The van der Waals surface area contributed by atoms with Crippen molar-refractivity contribution in [3.05, 3.63) is 121 Å². The van der Waals surface area contributed by atoms with Crippen LogP contribution in [0.3, 0.4) is 0 Å². The molecule has 0 fully saturated rings. The van der Waals surface area contributed by atoms with Crippen molar-refractivity contribution in [3.8, 4) is 5.75 Å². The molecule has 0 aliphatic rings. The van der Waals surface area contributed by atoms with Gasteiger partial charge in [-0.2, -0.15) is 0 Å². The Bertz CT molecular complexity index is 1900. The first-order valence-electron chi connectivity index (χ1n) is 13.0. The van der Waals surface area contributed by atoms with Crippen LogP contribution in [0.2, 0.25) is 0 Å².